The van der Waals surface area contributed by atoms with Crippen LogP contribution < -0.4 is 10.1 Å². The molecule has 0 bridgehead atoms. The minimum atomic E-state index is -0.394. The lowest BCUT2D eigenvalue weighted by atomic mass is 10.1. The number of aromatic hydroxyl groups is 1. The third-order valence-corrected chi connectivity index (χ3v) is 6.34. The molecule has 0 aliphatic carbocycles. The number of ether oxygens (including phenoxy) is 1. The third kappa shape index (κ3) is 5.06. The van der Waals surface area contributed by atoms with Crippen molar-refractivity contribution in [2.75, 3.05) is 25.0 Å². The summed E-state index contributed by atoms with van der Waals surface area (Å²) in [6.45, 7) is 1.39. The second kappa shape index (κ2) is 9.66. The molecule has 7 heteroatoms. The van der Waals surface area contributed by atoms with Gasteiger partial charge < -0.3 is 20.1 Å². The Morgan fingerprint density at radius 1 is 1.00 bits per heavy atom. The van der Waals surface area contributed by atoms with Gasteiger partial charge >= 0.3 is 0 Å². The standard InChI is InChI=1S/C24H24N2O4S/c27-19-12-6-5-11-18(19)25-24(29)23-20(15-21(31-23)17-9-3-1-4-10-17)30-16-22(28)26-13-7-2-8-14-26/h1,3-6,9-12,15,27H,2,7-8,13-14,16H2,(H,25,29). The van der Waals surface area contributed by atoms with Gasteiger partial charge in [-0.25, -0.2) is 0 Å². The largest absolute Gasteiger partial charge is 0.506 e. The molecule has 0 radical (unpaired) electrons. The number of carbonyl (C=O) groups is 2. The van der Waals surface area contributed by atoms with Crippen molar-refractivity contribution in [2.24, 2.45) is 0 Å². The number of likely N-dealkylation sites (tertiary alicyclic amines) is 1. The van der Waals surface area contributed by atoms with Crippen molar-refractivity contribution in [1.82, 2.24) is 4.90 Å². The Bertz CT molecular complexity index is 1060. The molecule has 1 saturated heterocycles. The van der Waals surface area contributed by atoms with E-state index < -0.39 is 5.91 Å². The van der Waals surface area contributed by atoms with Gasteiger partial charge in [-0.05, 0) is 43.0 Å². The summed E-state index contributed by atoms with van der Waals surface area (Å²) in [6.07, 6.45) is 3.17. The first kappa shape index (κ1) is 20.9. The minimum Gasteiger partial charge on any atom is -0.506 e. The normalized spacial score (nSPS) is 13.6. The summed E-state index contributed by atoms with van der Waals surface area (Å²) < 4.78 is 5.84. The van der Waals surface area contributed by atoms with Gasteiger partial charge in [-0.1, -0.05) is 42.5 Å². The number of para-hydroxylation sites is 2. The van der Waals surface area contributed by atoms with Crippen molar-refractivity contribution in [3.8, 4) is 21.9 Å². The molecule has 2 aromatic carbocycles. The first-order valence-electron chi connectivity index (χ1n) is 10.3. The van der Waals surface area contributed by atoms with Crippen molar-refractivity contribution in [3.63, 3.8) is 0 Å². The van der Waals surface area contributed by atoms with E-state index in [1.165, 1.54) is 17.4 Å². The van der Waals surface area contributed by atoms with Crippen molar-refractivity contribution in [3.05, 3.63) is 65.5 Å². The van der Waals surface area contributed by atoms with Crippen molar-refractivity contribution in [1.29, 1.82) is 0 Å². The first-order valence-corrected chi connectivity index (χ1v) is 11.1. The lowest BCUT2D eigenvalue weighted by Gasteiger charge is -2.26. The highest BCUT2D eigenvalue weighted by atomic mass is 32.1. The van der Waals surface area contributed by atoms with Crippen LogP contribution in [0, 0.1) is 0 Å². The first-order chi connectivity index (χ1) is 15.1. The number of rotatable bonds is 6. The molecule has 3 aromatic rings. The number of hydrogen-bond acceptors (Lipinski definition) is 5. The predicted octanol–water partition coefficient (Wildman–Crippen LogP) is 4.76. The summed E-state index contributed by atoms with van der Waals surface area (Å²) in [5, 5.41) is 12.7. The Morgan fingerprint density at radius 2 is 1.71 bits per heavy atom. The topological polar surface area (TPSA) is 78.9 Å². The van der Waals surface area contributed by atoms with Gasteiger partial charge in [0.05, 0.1) is 5.69 Å². The van der Waals surface area contributed by atoms with E-state index in [0.717, 1.165) is 42.8 Å². The Hall–Kier alpha value is -3.32. The summed E-state index contributed by atoms with van der Waals surface area (Å²) in [6, 6.07) is 18.0. The molecular formula is C24H24N2O4S. The van der Waals surface area contributed by atoms with Crippen LogP contribution in [0.4, 0.5) is 5.69 Å². The van der Waals surface area contributed by atoms with Gasteiger partial charge in [0.1, 0.15) is 16.4 Å². The zero-order chi connectivity index (χ0) is 21.6. The van der Waals surface area contributed by atoms with Gasteiger partial charge in [-0.2, -0.15) is 0 Å². The van der Waals surface area contributed by atoms with Crippen LogP contribution in [0.5, 0.6) is 11.5 Å². The molecule has 160 valence electrons. The van der Waals surface area contributed by atoms with E-state index in [-0.39, 0.29) is 18.3 Å². The molecule has 0 spiro atoms. The lowest BCUT2D eigenvalue weighted by molar-refractivity contribution is -0.134. The van der Waals surface area contributed by atoms with Gasteiger partial charge in [0, 0.05) is 18.0 Å². The van der Waals surface area contributed by atoms with Crippen LogP contribution in [0.15, 0.2) is 60.7 Å². The number of carbonyl (C=O) groups excluding carboxylic acids is 2. The molecule has 1 fully saturated rings. The van der Waals surface area contributed by atoms with E-state index in [0.29, 0.717) is 16.3 Å². The zero-order valence-electron chi connectivity index (χ0n) is 17.0. The lowest BCUT2D eigenvalue weighted by Crippen LogP contribution is -2.38. The highest BCUT2D eigenvalue weighted by Gasteiger charge is 2.22. The molecule has 2 amide bonds. The quantitative estimate of drug-likeness (QED) is 0.546. The monoisotopic (exact) mass is 436 g/mol. The molecule has 1 aromatic heterocycles. The Kier molecular flexibility index (Phi) is 6.52. The summed E-state index contributed by atoms with van der Waals surface area (Å²) in [7, 11) is 0. The summed E-state index contributed by atoms with van der Waals surface area (Å²) >= 11 is 1.29. The van der Waals surface area contributed by atoms with Crippen molar-refractivity contribution >= 4 is 28.8 Å². The molecule has 1 aliphatic heterocycles. The average Bonchev–Trinajstić information content (AvgIpc) is 3.24. The van der Waals surface area contributed by atoms with Gasteiger partial charge in [0.15, 0.2) is 6.61 Å². The van der Waals surface area contributed by atoms with Crippen LogP contribution in [0.25, 0.3) is 10.4 Å². The van der Waals surface area contributed by atoms with E-state index in [1.54, 1.807) is 24.3 Å². The maximum absolute atomic E-state index is 13.0. The molecule has 0 unspecified atom stereocenters. The number of nitrogens with zero attached hydrogens (tertiary/aromatic N) is 1. The molecular weight excluding hydrogens is 412 g/mol. The van der Waals surface area contributed by atoms with E-state index in [9.17, 15) is 14.7 Å². The fourth-order valence-electron chi connectivity index (χ4n) is 3.52. The van der Waals surface area contributed by atoms with Crippen molar-refractivity contribution < 1.29 is 19.4 Å². The zero-order valence-corrected chi connectivity index (χ0v) is 17.9. The fraction of sp³-hybridized carbons (Fsp3) is 0.250. The van der Waals surface area contributed by atoms with Gasteiger partial charge in [0.25, 0.3) is 11.8 Å². The second-order valence-electron chi connectivity index (χ2n) is 7.37. The number of nitrogens with one attached hydrogen (secondary N) is 1. The number of hydrogen-bond donors (Lipinski definition) is 2. The third-order valence-electron chi connectivity index (χ3n) is 5.17. The number of phenolic OH excluding ortho intramolecular Hbond substituents is 1. The van der Waals surface area contributed by atoms with Gasteiger partial charge in [0.2, 0.25) is 0 Å². The molecule has 1 aliphatic rings. The second-order valence-corrected chi connectivity index (χ2v) is 8.42. The minimum absolute atomic E-state index is 0.0153. The van der Waals surface area contributed by atoms with Crippen LogP contribution in [-0.4, -0.2) is 41.5 Å². The number of anilines is 1. The molecule has 2 heterocycles. The highest BCUT2D eigenvalue weighted by molar-refractivity contribution is 7.17. The Balaban J connectivity index is 1.56. The number of phenols is 1. The number of benzene rings is 2. The maximum atomic E-state index is 13.0. The van der Waals surface area contributed by atoms with Crippen LogP contribution in [0.3, 0.4) is 0 Å². The highest BCUT2D eigenvalue weighted by Crippen LogP contribution is 2.37. The van der Waals surface area contributed by atoms with Crippen LogP contribution in [-0.2, 0) is 4.79 Å². The average molecular weight is 437 g/mol. The van der Waals surface area contributed by atoms with E-state index in [4.69, 9.17) is 4.74 Å². The van der Waals surface area contributed by atoms with E-state index in [1.807, 2.05) is 35.2 Å². The van der Waals surface area contributed by atoms with E-state index in [2.05, 4.69) is 5.32 Å². The molecule has 2 N–H and O–H groups in total. The number of amides is 2. The van der Waals surface area contributed by atoms with Gasteiger partial charge in [-0.3, -0.25) is 9.59 Å². The Labute approximate surface area is 185 Å². The SMILES string of the molecule is O=C(Nc1ccccc1O)c1sc(-c2ccccc2)cc1OCC(=O)N1CCCCC1. The number of thiophene rings is 1. The summed E-state index contributed by atoms with van der Waals surface area (Å²) in [4.78, 5) is 28.6. The maximum Gasteiger partial charge on any atom is 0.269 e. The molecule has 6 nitrogen and oxygen atoms in total. The summed E-state index contributed by atoms with van der Waals surface area (Å²) in [5.41, 5.74) is 1.28. The van der Waals surface area contributed by atoms with E-state index >= 15 is 0 Å². The van der Waals surface area contributed by atoms with Gasteiger partial charge in [-0.15, -0.1) is 11.3 Å². The molecule has 0 atom stereocenters. The smallest absolute Gasteiger partial charge is 0.269 e. The molecule has 31 heavy (non-hydrogen) atoms. The molecule has 4 rings (SSSR count). The molecule has 0 saturated carbocycles. The Morgan fingerprint density at radius 3 is 2.45 bits per heavy atom. The van der Waals surface area contributed by atoms with Crippen LogP contribution in [0.1, 0.15) is 28.9 Å². The summed E-state index contributed by atoms with van der Waals surface area (Å²) in [5.74, 6) is -0.117. The fourth-order valence-corrected chi connectivity index (χ4v) is 4.52. The predicted molar refractivity (Wildman–Crippen MR) is 122 cm³/mol. The van der Waals surface area contributed by atoms with Crippen LogP contribution >= 0.6 is 11.3 Å². The number of piperidine rings is 1. The van der Waals surface area contributed by atoms with Crippen LogP contribution in [0.2, 0.25) is 0 Å². The van der Waals surface area contributed by atoms with Crippen molar-refractivity contribution in [2.45, 2.75) is 19.3 Å².